The number of hydrogen-bond donors (Lipinski definition) is 4. The van der Waals surface area contributed by atoms with Crippen LogP contribution >= 0.6 is 0 Å². The van der Waals surface area contributed by atoms with E-state index in [1.165, 1.54) is 16.8 Å². The van der Waals surface area contributed by atoms with Gasteiger partial charge in [-0.1, -0.05) is 11.3 Å². The van der Waals surface area contributed by atoms with Crippen molar-refractivity contribution in [3.8, 4) is 11.4 Å². The standard InChI is InChI=1S/C59H65BF4N12O7/c1-37-29-38(2)75-52(37)33-48-23-22-46(76(48)60(75,63)64)24-25-54(78)67-34-44-35-74(72-71-44)47-12-10-11-41(32-47)57(80)68-51(13-8-9-27-66-58(81)83-59(3,4)5)53(77)36-82-55-49(61)30-39(31-50(55)62)26-28-65-56(79)40-14-16-42(17-15-40)69-70-43-18-20-45(21-19-43)73(6)7/h10-12,14-23,29-33,35,51H,8-9,13,24-28,34,36H2,1-7H3,(H,65,79)(H,66,81)(H,67,78)(H,68,80)/b70-69+/t51-/m0/s1. The summed E-state index contributed by atoms with van der Waals surface area (Å²) in [6.45, 7) is 3.85. The van der Waals surface area contributed by atoms with Gasteiger partial charge in [-0.05, 0) is 162 Å². The average Bonchev–Trinajstić information content (AvgIpc) is 2.09. The second kappa shape index (κ2) is 26.1. The van der Waals surface area contributed by atoms with Crippen molar-refractivity contribution in [3.05, 3.63) is 166 Å². The lowest BCUT2D eigenvalue weighted by atomic mass is 9.89. The van der Waals surface area contributed by atoms with Crippen molar-refractivity contribution in [2.45, 2.75) is 91.3 Å². The highest BCUT2D eigenvalue weighted by atomic mass is 19.2. The summed E-state index contributed by atoms with van der Waals surface area (Å²) in [5.74, 6) is -5.12. The van der Waals surface area contributed by atoms with Gasteiger partial charge in [0.1, 0.15) is 23.6 Å². The molecule has 4 amide bonds. The molecule has 4 N–H and O–H groups in total. The van der Waals surface area contributed by atoms with Crippen LogP contribution in [0.15, 0.2) is 131 Å². The first-order valence-corrected chi connectivity index (χ1v) is 27.1. The zero-order chi connectivity index (χ0) is 59.6. The second-order valence-corrected chi connectivity index (χ2v) is 21.3. The Morgan fingerprint density at radius 3 is 2.18 bits per heavy atom. The molecule has 0 radical (unpaired) electrons. The number of nitrogens with zero attached hydrogens (tertiary/aromatic N) is 8. The maximum Gasteiger partial charge on any atom is 0.737 e. The van der Waals surface area contributed by atoms with Crippen LogP contribution in [-0.4, -0.2) is 112 Å². The molecule has 0 spiro atoms. The number of aryl methyl sites for hydroxylation is 1. The van der Waals surface area contributed by atoms with Crippen LogP contribution in [-0.2, 0) is 33.7 Å². The van der Waals surface area contributed by atoms with E-state index in [9.17, 15) is 24.0 Å². The third kappa shape index (κ3) is 15.4. The predicted molar refractivity (Wildman–Crippen MR) is 306 cm³/mol. The molecule has 24 heteroatoms. The van der Waals surface area contributed by atoms with Gasteiger partial charge in [-0.3, -0.25) is 19.2 Å². The van der Waals surface area contributed by atoms with Gasteiger partial charge in [-0.25, -0.2) is 18.3 Å². The topological polar surface area (TPSA) is 219 Å². The largest absolute Gasteiger partial charge is 0.737 e. The highest BCUT2D eigenvalue weighted by molar-refractivity contribution is 6.58. The third-order valence-corrected chi connectivity index (χ3v) is 13.6. The maximum atomic E-state index is 15.9. The van der Waals surface area contributed by atoms with Crippen LogP contribution < -0.4 is 30.9 Å². The van der Waals surface area contributed by atoms with Gasteiger partial charge in [0, 0.05) is 80.8 Å². The Labute approximate surface area is 477 Å². The molecular weight excluding hydrogens is 1080 g/mol. The number of amides is 4. The molecule has 0 unspecified atom stereocenters. The van der Waals surface area contributed by atoms with Crippen molar-refractivity contribution in [1.82, 2.24) is 40.7 Å². The molecule has 0 aliphatic carbocycles. The molecule has 0 bridgehead atoms. The fraction of sp³-hybridized carbons (Fsp3) is 0.322. The molecule has 6 aromatic rings. The number of allylic oxidation sites excluding steroid dienone is 2. The van der Waals surface area contributed by atoms with Crippen molar-refractivity contribution in [2.24, 2.45) is 10.2 Å². The first-order chi connectivity index (χ1) is 39.5. The van der Waals surface area contributed by atoms with E-state index in [4.69, 9.17) is 9.47 Å². The molecule has 0 saturated heterocycles. The Hall–Kier alpha value is -9.22. The van der Waals surface area contributed by atoms with Crippen LogP contribution in [0, 0.1) is 11.6 Å². The van der Waals surface area contributed by atoms with E-state index in [2.05, 4.69) is 41.8 Å². The summed E-state index contributed by atoms with van der Waals surface area (Å²) in [6.07, 6.45) is 5.19. The smallest absolute Gasteiger partial charge is 0.480 e. The van der Waals surface area contributed by atoms with Crippen molar-refractivity contribution < 1.29 is 55.3 Å². The number of fused-ring (bicyclic) bond motifs is 2. The summed E-state index contributed by atoms with van der Waals surface area (Å²) < 4.78 is 76.8. The normalized spacial score (nSPS) is 13.8. The molecule has 0 fully saturated rings. The summed E-state index contributed by atoms with van der Waals surface area (Å²) >= 11 is 0. The van der Waals surface area contributed by atoms with E-state index in [1.54, 1.807) is 101 Å². The fourth-order valence-electron chi connectivity index (χ4n) is 9.42. The van der Waals surface area contributed by atoms with Crippen LogP contribution in [0.25, 0.3) is 11.8 Å². The summed E-state index contributed by atoms with van der Waals surface area (Å²) in [6, 6.07) is 24.4. The molecule has 1 atom stereocenters. The van der Waals surface area contributed by atoms with Gasteiger partial charge in [0.2, 0.25) is 5.91 Å². The van der Waals surface area contributed by atoms with Gasteiger partial charge in [0.15, 0.2) is 28.9 Å². The van der Waals surface area contributed by atoms with Crippen molar-refractivity contribution in [1.29, 1.82) is 0 Å². The SMILES string of the molecule is CC1=CC(C)=[N+]2C1=Cc1ccc(CCC(=O)NCc3cn(-c4cccc(C(=O)N[C@@H](CCCCNC(=O)OC(C)(C)C)C(=O)COc5c(F)cc(CCNC(=O)c6ccc(/N=N/c7ccc(N(C)C)cc7)cc6)cc5F)c4)nn3)n1[B-]2(F)F. The van der Waals surface area contributed by atoms with Crippen molar-refractivity contribution >= 4 is 65.4 Å². The number of carbonyl (C=O) groups excluding carboxylic acids is 5. The molecule has 2 aliphatic heterocycles. The molecular formula is C59H65BF4N12O7. The number of benzene rings is 4. The zero-order valence-corrected chi connectivity index (χ0v) is 47.1. The molecule has 2 aromatic heterocycles. The lowest BCUT2D eigenvalue weighted by Crippen LogP contribution is -2.50. The molecule has 2 aliphatic rings. The number of anilines is 1. The number of Topliss-reactive ketones (excluding diaryl/α,β-unsaturated/α-hetero) is 1. The highest BCUT2D eigenvalue weighted by Crippen LogP contribution is 2.36. The fourth-order valence-corrected chi connectivity index (χ4v) is 9.42. The lowest BCUT2D eigenvalue weighted by molar-refractivity contribution is -0.362. The minimum Gasteiger partial charge on any atom is -0.480 e. The van der Waals surface area contributed by atoms with Gasteiger partial charge in [-0.2, -0.15) is 10.2 Å². The van der Waals surface area contributed by atoms with E-state index < -0.39 is 72.2 Å². The van der Waals surface area contributed by atoms with Crippen LogP contribution in [0.4, 0.5) is 39.3 Å². The van der Waals surface area contributed by atoms with Crippen LogP contribution in [0.1, 0.15) is 104 Å². The maximum absolute atomic E-state index is 15.9. The number of aromatic nitrogens is 4. The molecule has 4 aromatic carbocycles. The number of halogens is 4. The minimum absolute atomic E-state index is 0.0254. The number of carbonyl (C=O) groups is 5. The monoisotopic (exact) mass is 1140 g/mol. The molecule has 4 heterocycles. The summed E-state index contributed by atoms with van der Waals surface area (Å²) in [5, 5.41) is 27.6. The number of nitrogens with one attached hydrogen (secondary N) is 4. The highest BCUT2D eigenvalue weighted by Gasteiger charge is 2.52. The van der Waals surface area contributed by atoms with Crippen LogP contribution in [0.5, 0.6) is 5.75 Å². The Kier molecular flexibility index (Phi) is 18.9. The van der Waals surface area contributed by atoms with E-state index in [0.29, 0.717) is 64.0 Å². The Balaban J connectivity index is 0.837. The van der Waals surface area contributed by atoms with Gasteiger partial charge in [0.25, 0.3) is 11.8 Å². The Morgan fingerprint density at radius 2 is 1.49 bits per heavy atom. The van der Waals surface area contributed by atoms with Crippen molar-refractivity contribution in [3.63, 3.8) is 0 Å². The number of hydrogen-bond acceptors (Lipinski definition) is 12. The van der Waals surface area contributed by atoms with Gasteiger partial charge < -0.3 is 53.2 Å². The van der Waals surface area contributed by atoms with Gasteiger partial charge in [0.05, 0.1) is 35.8 Å². The second-order valence-electron chi connectivity index (χ2n) is 21.3. The first-order valence-electron chi connectivity index (χ1n) is 27.1. The summed E-state index contributed by atoms with van der Waals surface area (Å²) in [4.78, 5) is 67.7. The minimum atomic E-state index is -4.17. The average molecular weight is 1140 g/mol. The van der Waals surface area contributed by atoms with E-state index in [1.807, 2.05) is 43.3 Å². The van der Waals surface area contributed by atoms with Gasteiger partial charge >= 0.3 is 13.1 Å². The summed E-state index contributed by atoms with van der Waals surface area (Å²) in [5.41, 5.74) is 5.31. The number of rotatable bonds is 24. The number of azo groups is 1. The van der Waals surface area contributed by atoms with E-state index in [0.717, 1.165) is 32.4 Å². The van der Waals surface area contributed by atoms with Crippen molar-refractivity contribution in [2.75, 3.05) is 38.7 Å². The number of alkyl carbamates (subject to hydrolysis) is 1. The predicted octanol–water partition coefficient (Wildman–Crippen LogP) is 9.50. The Bertz CT molecular complexity index is 3510. The lowest BCUT2D eigenvalue weighted by Gasteiger charge is -2.31. The quantitative estimate of drug-likeness (QED) is 0.0195. The Morgan fingerprint density at radius 1 is 0.795 bits per heavy atom. The van der Waals surface area contributed by atoms with Gasteiger partial charge in [-0.15, -0.1) is 5.10 Å². The third-order valence-electron chi connectivity index (χ3n) is 13.6. The molecule has 83 heavy (non-hydrogen) atoms. The number of ether oxygens (including phenoxy) is 2. The van der Waals surface area contributed by atoms with Crippen LogP contribution in [0.3, 0.4) is 0 Å². The van der Waals surface area contributed by atoms with Crippen LogP contribution in [0.2, 0.25) is 0 Å². The van der Waals surface area contributed by atoms with E-state index in [-0.39, 0.29) is 56.4 Å². The number of ketones is 1. The molecule has 8 rings (SSSR count). The molecule has 0 saturated carbocycles. The molecule has 19 nitrogen and oxygen atoms in total. The van der Waals surface area contributed by atoms with E-state index >= 15 is 17.4 Å². The summed E-state index contributed by atoms with van der Waals surface area (Å²) in [7, 11) is 3.88. The zero-order valence-electron chi connectivity index (χ0n) is 47.1. The number of unbranched alkanes of at least 4 members (excludes halogenated alkanes) is 1. The molecule has 434 valence electrons. The first kappa shape index (κ1) is 59.9.